The molecule has 0 fully saturated rings. The highest BCUT2D eigenvalue weighted by molar-refractivity contribution is 5.74. The standard InChI is InChI=1S/C16H23NO2/c1-5-17-11(2)8-13-9-12(6-7-14(13)17)10-16(3,4)15(18)19/h6-7,9,11H,5,8,10H2,1-4H3,(H,18,19). The number of aliphatic carboxylic acids is 1. The van der Waals surface area contributed by atoms with Gasteiger partial charge >= 0.3 is 5.97 Å². The molecule has 1 aromatic rings. The minimum Gasteiger partial charge on any atom is -0.481 e. The van der Waals surface area contributed by atoms with Gasteiger partial charge in [-0.15, -0.1) is 0 Å². The monoisotopic (exact) mass is 261 g/mol. The molecule has 1 aromatic carbocycles. The van der Waals surface area contributed by atoms with Crippen molar-refractivity contribution in [3.8, 4) is 0 Å². The Hall–Kier alpha value is -1.51. The summed E-state index contributed by atoms with van der Waals surface area (Å²) in [5.41, 5.74) is 3.08. The van der Waals surface area contributed by atoms with E-state index < -0.39 is 11.4 Å². The molecule has 2 rings (SSSR count). The van der Waals surface area contributed by atoms with E-state index in [0.29, 0.717) is 12.5 Å². The van der Waals surface area contributed by atoms with Crippen molar-refractivity contribution in [1.29, 1.82) is 0 Å². The van der Waals surface area contributed by atoms with Crippen molar-refractivity contribution in [3.63, 3.8) is 0 Å². The van der Waals surface area contributed by atoms with Crippen LogP contribution in [0.2, 0.25) is 0 Å². The van der Waals surface area contributed by atoms with E-state index in [9.17, 15) is 9.90 Å². The molecule has 3 nitrogen and oxygen atoms in total. The van der Waals surface area contributed by atoms with E-state index in [0.717, 1.165) is 18.5 Å². The summed E-state index contributed by atoms with van der Waals surface area (Å²) in [6.07, 6.45) is 1.64. The molecular weight excluding hydrogens is 238 g/mol. The summed E-state index contributed by atoms with van der Waals surface area (Å²) in [5.74, 6) is -0.739. The van der Waals surface area contributed by atoms with Gasteiger partial charge in [-0.25, -0.2) is 0 Å². The fraction of sp³-hybridized carbons (Fsp3) is 0.562. The summed E-state index contributed by atoms with van der Waals surface area (Å²) in [4.78, 5) is 13.6. The van der Waals surface area contributed by atoms with Crippen LogP contribution in [0, 0.1) is 5.41 Å². The number of hydrogen-bond acceptors (Lipinski definition) is 2. The normalized spacial score (nSPS) is 18.5. The minimum atomic E-state index is -0.739. The van der Waals surface area contributed by atoms with E-state index in [-0.39, 0.29) is 0 Å². The summed E-state index contributed by atoms with van der Waals surface area (Å²) < 4.78 is 0. The largest absolute Gasteiger partial charge is 0.481 e. The van der Waals surface area contributed by atoms with E-state index in [1.165, 1.54) is 11.3 Å². The second-order valence-corrected chi connectivity index (χ2v) is 6.17. The van der Waals surface area contributed by atoms with Crippen molar-refractivity contribution in [2.45, 2.75) is 46.6 Å². The summed E-state index contributed by atoms with van der Waals surface area (Å²) in [6, 6.07) is 6.95. The van der Waals surface area contributed by atoms with Gasteiger partial charge in [0.05, 0.1) is 5.41 Å². The molecule has 0 aromatic heterocycles. The quantitative estimate of drug-likeness (QED) is 0.905. The molecule has 104 valence electrons. The van der Waals surface area contributed by atoms with Gasteiger partial charge in [0.1, 0.15) is 0 Å². The van der Waals surface area contributed by atoms with Crippen molar-refractivity contribution in [3.05, 3.63) is 29.3 Å². The molecule has 1 aliphatic heterocycles. The zero-order valence-electron chi connectivity index (χ0n) is 12.2. The molecule has 0 saturated heterocycles. The molecule has 19 heavy (non-hydrogen) atoms. The third kappa shape index (κ3) is 2.60. The van der Waals surface area contributed by atoms with Crippen molar-refractivity contribution >= 4 is 11.7 Å². The first-order valence-corrected chi connectivity index (χ1v) is 6.97. The van der Waals surface area contributed by atoms with Gasteiger partial charge in [0.15, 0.2) is 0 Å². The van der Waals surface area contributed by atoms with E-state index in [1.54, 1.807) is 13.8 Å². The van der Waals surface area contributed by atoms with Crippen LogP contribution >= 0.6 is 0 Å². The first-order chi connectivity index (χ1) is 8.85. The molecule has 1 atom stereocenters. The number of carboxylic acid groups (broad SMARTS) is 1. The number of anilines is 1. The summed E-state index contributed by atoms with van der Waals surface area (Å²) in [5, 5.41) is 9.21. The Labute approximate surface area is 115 Å². The van der Waals surface area contributed by atoms with Crippen molar-refractivity contribution in [2.24, 2.45) is 5.41 Å². The lowest BCUT2D eigenvalue weighted by molar-refractivity contribution is -0.146. The van der Waals surface area contributed by atoms with Crippen LogP contribution in [-0.4, -0.2) is 23.7 Å². The highest BCUT2D eigenvalue weighted by Gasteiger charge is 2.29. The predicted octanol–water partition coefficient (Wildman–Crippen LogP) is 3.11. The van der Waals surface area contributed by atoms with Crippen LogP contribution in [0.5, 0.6) is 0 Å². The topological polar surface area (TPSA) is 40.5 Å². The molecular formula is C16H23NO2. The third-order valence-corrected chi connectivity index (χ3v) is 4.07. The van der Waals surface area contributed by atoms with Crippen LogP contribution in [0.3, 0.4) is 0 Å². The predicted molar refractivity (Wildman–Crippen MR) is 77.7 cm³/mol. The van der Waals surface area contributed by atoms with E-state index >= 15 is 0 Å². The molecule has 0 radical (unpaired) electrons. The average Bonchev–Trinajstić information content (AvgIpc) is 2.62. The zero-order chi connectivity index (χ0) is 14.2. The minimum absolute atomic E-state index is 0.544. The summed E-state index contributed by atoms with van der Waals surface area (Å²) >= 11 is 0. The Kier molecular flexibility index (Phi) is 3.57. The Balaban J connectivity index is 2.24. The number of likely N-dealkylation sites (N-methyl/N-ethyl adjacent to an activating group) is 1. The summed E-state index contributed by atoms with van der Waals surface area (Å²) in [6.45, 7) is 9.00. The average molecular weight is 261 g/mol. The SMILES string of the molecule is CCN1c2ccc(CC(C)(C)C(=O)O)cc2CC1C. The van der Waals surface area contributed by atoms with Gasteiger partial charge in [-0.05, 0) is 57.7 Å². The Bertz CT molecular complexity index is 494. The lowest BCUT2D eigenvalue weighted by Gasteiger charge is -2.23. The van der Waals surface area contributed by atoms with E-state index in [1.807, 2.05) is 0 Å². The molecule has 0 amide bonds. The van der Waals surface area contributed by atoms with E-state index in [4.69, 9.17) is 0 Å². The number of carboxylic acids is 1. The maximum atomic E-state index is 11.2. The van der Waals surface area contributed by atoms with Crippen LogP contribution in [0.1, 0.15) is 38.8 Å². The molecule has 1 unspecified atom stereocenters. The first kappa shape index (κ1) is 13.9. The van der Waals surface area contributed by atoms with Gasteiger partial charge < -0.3 is 10.0 Å². The van der Waals surface area contributed by atoms with Crippen LogP contribution in [0.15, 0.2) is 18.2 Å². The Morgan fingerprint density at radius 3 is 2.74 bits per heavy atom. The summed E-state index contributed by atoms with van der Waals surface area (Å²) in [7, 11) is 0. The van der Waals surface area contributed by atoms with Gasteiger partial charge in [-0.3, -0.25) is 4.79 Å². The molecule has 1 N–H and O–H groups in total. The highest BCUT2D eigenvalue weighted by atomic mass is 16.4. The molecule has 0 bridgehead atoms. The fourth-order valence-corrected chi connectivity index (χ4v) is 2.93. The number of hydrogen-bond donors (Lipinski definition) is 1. The third-order valence-electron chi connectivity index (χ3n) is 4.07. The second-order valence-electron chi connectivity index (χ2n) is 6.17. The molecule has 1 aliphatic rings. The maximum absolute atomic E-state index is 11.2. The van der Waals surface area contributed by atoms with Crippen LogP contribution in [0.4, 0.5) is 5.69 Å². The number of nitrogens with zero attached hydrogens (tertiary/aromatic N) is 1. The molecule has 0 aliphatic carbocycles. The first-order valence-electron chi connectivity index (χ1n) is 6.97. The second kappa shape index (κ2) is 4.87. The molecule has 1 heterocycles. The zero-order valence-corrected chi connectivity index (χ0v) is 12.2. The van der Waals surface area contributed by atoms with Crippen LogP contribution in [-0.2, 0) is 17.6 Å². The van der Waals surface area contributed by atoms with Gasteiger partial charge in [0, 0.05) is 18.3 Å². The number of benzene rings is 1. The van der Waals surface area contributed by atoms with Crippen molar-refractivity contribution < 1.29 is 9.90 Å². The highest BCUT2D eigenvalue weighted by Crippen LogP contribution is 2.34. The maximum Gasteiger partial charge on any atom is 0.309 e. The Morgan fingerprint density at radius 2 is 2.16 bits per heavy atom. The smallest absolute Gasteiger partial charge is 0.309 e. The van der Waals surface area contributed by atoms with Gasteiger partial charge in [-0.1, -0.05) is 12.1 Å². The number of fused-ring (bicyclic) bond motifs is 1. The van der Waals surface area contributed by atoms with Crippen molar-refractivity contribution in [2.75, 3.05) is 11.4 Å². The fourth-order valence-electron chi connectivity index (χ4n) is 2.93. The van der Waals surface area contributed by atoms with Gasteiger partial charge in [-0.2, -0.15) is 0 Å². The number of rotatable bonds is 4. The molecule has 0 saturated carbocycles. The number of carbonyl (C=O) groups is 1. The van der Waals surface area contributed by atoms with Crippen LogP contribution < -0.4 is 4.90 Å². The van der Waals surface area contributed by atoms with Crippen molar-refractivity contribution in [1.82, 2.24) is 0 Å². The lowest BCUT2D eigenvalue weighted by atomic mass is 9.85. The van der Waals surface area contributed by atoms with Gasteiger partial charge in [0.2, 0.25) is 0 Å². The molecule has 0 spiro atoms. The van der Waals surface area contributed by atoms with Crippen LogP contribution in [0.25, 0.3) is 0 Å². The Morgan fingerprint density at radius 1 is 1.47 bits per heavy atom. The van der Waals surface area contributed by atoms with Gasteiger partial charge in [0.25, 0.3) is 0 Å². The molecule has 3 heteroatoms. The lowest BCUT2D eigenvalue weighted by Crippen LogP contribution is -2.28. The van der Waals surface area contributed by atoms with E-state index in [2.05, 4.69) is 36.9 Å².